The molecular weight excluding hydrogens is 344 g/mol. The molecule has 0 bridgehead atoms. The first-order valence-corrected chi connectivity index (χ1v) is 9.30. The Labute approximate surface area is 157 Å². The maximum atomic E-state index is 12.6. The molecule has 4 rings (SSSR count). The van der Waals surface area contributed by atoms with Gasteiger partial charge in [0, 0.05) is 63.8 Å². The number of aryl methyl sites for hydroxylation is 1. The maximum absolute atomic E-state index is 12.6. The van der Waals surface area contributed by atoms with E-state index in [-0.39, 0.29) is 11.8 Å². The minimum Gasteiger partial charge on any atom is -0.342 e. The van der Waals surface area contributed by atoms with Gasteiger partial charge >= 0.3 is 0 Å². The number of aromatic nitrogens is 7. The van der Waals surface area contributed by atoms with E-state index in [0.717, 1.165) is 31.0 Å². The molecule has 3 aromatic heterocycles. The largest absolute Gasteiger partial charge is 0.342 e. The minimum atomic E-state index is 0.177. The molecule has 142 valence electrons. The molecule has 27 heavy (non-hydrogen) atoms. The molecule has 9 heteroatoms. The smallest absolute Gasteiger partial charge is 0.224 e. The van der Waals surface area contributed by atoms with Crippen molar-refractivity contribution in [1.29, 1.82) is 0 Å². The number of imidazole rings is 1. The van der Waals surface area contributed by atoms with Crippen LogP contribution in [0, 0.1) is 0 Å². The van der Waals surface area contributed by atoms with E-state index < -0.39 is 0 Å². The standard InChI is InChI=1S/C18H24N8O/c1-23-16(13-24-11-7-19-14-24)21-22-18(23)15-4-2-8-25(12-15)17(27)5-10-26-9-3-6-20-26/h3,6-7,9,11,14-15H,2,4-5,8,10,12-13H2,1H3. The summed E-state index contributed by atoms with van der Waals surface area (Å²) in [4.78, 5) is 18.6. The average Bonchev–Trinajstić information content (AvgIpc) is 3.44. The molecule has 0 aromatic carbocycles. The molecule has 0 N–H and O–H groups in total. The molecule has 1 fully saturated rings. The summed E-state index contributed by atoms with van der Waals surface area (Å²) >= 11 is 0. The van der Waals surface area contributed by atoms with Gasteiger partial charge in [-0.15, -0.1) is 10.2 Å². The quantitative estimate of drug-likeness (QED) is 0.649. The van der Waals surface area contributed by atoms with Crippen LogP contribution in [0.15, 0.2) is 37.2 Å². The fourth-order valence-electron chi connectivity index (χ4n) is 3.63. The number of carbonyl (C=O) groups is 1. The summed E-state index contributed by atoms with van der Waals surface area (Å²) in [6, 6.07) is 1.87. The Balaban J connectivity index is 1.39. The van der Waals surface area contributed by atoms with Gasteiger partial charge in [-0.3, -0.25) is 9.48 Å². The second-order valence-corrected chi connectivity index (χ2v) is 6.97. The van der Waals surface area contributed by atoms with Crippen LogP contribution in [0.25, 0.3) is 0 Å². The lowest BCUT2D eigenvalue weighted by atomic mass is 9.97. The van der Waals surface area contributed by atoms with Gasteiger partial charge in [-0.1, -0.05) is 0 Å². The van der Waals surface area contributed by atoms with E-state index in [1.807, 2.05) is 35.0 Å². The van der Waals surface area contributed by atoms with Crippen molar-refractivity contribution >= 4 is 5.91 Å². The van der Waals surface area contributed by atoms with Crippen LogP contribution in [-0.4, -0.2) is 58.0 Å². The van der Waals surface area contributed by atoms with Crippen molar-refractivity contribution in [3.8, 4) is 0 Å². The highest BCUT2D eigenvalue weighted by Crippen LogP contribution is 2.26. The number of amides is 1. The van der Waals surface area contributed by atoms with Crippen LogP contribution in [0.2, 0.25) is 0 Å². The third kappa shape index (κ3) is 3.91. The van der Waals surface area contributed by atoms with Gasteiger partial charge in [-0.2, -0.15) is 5.10 Å². The predicted molar refractivity (Wildman–Crippen MR) is 97.7 cm³/mol. The summed E-state index contributed by atoms with van der Waals surface area (Å²) in [7, 11) is 2.00. The van der Waals surface area contributed by atoms with E-state index in [1.54, 1.807) is 23.4 Å². The van der Waals surface area contributed by atoms with E-state index in [4.69, 9.17) is 0 Å². The van der Waals surface area contributed by atoms with Gasteiger partial charge in [0.2, 0.25) is 5.91 Å². The monoisotopic (exact) mass is 368 g/mol. The average molecular weight is 368 g/mol. The maximum Gasteiger partial charge on any atom is 0.224 e. The van der Waals surface area contributed by atoms with Crippen LogP contribution in [-0.2, 0) is 24.9 Å². The predicted octanol–water partition coefficient (Wildman–Crippen LogP) is 1.05. The Kier molecular flexibility index (Phi) is 4.99. The normalized spacial score (nSPS) is 17.4. The highest BCUT2D eigenvalue weighted by Gasteiger charge is 2.28. The summed E-state index contributed by atoms with van der Waals surface area (Å²) in [5.74, 6) is 2.25. The number of hydrogen-bond acceptors (Lipinski definition) is 5. The van der Waals surface area contributed by atoms with E-state index in [9.17, 15) is 4.79 Å². The highest BCUT2D eigenvalue weighted by molar-refractivity contribution is 5.76. The Hall–Kier alpha value is -2.97. The van der Waals surface area contributed by atoms with Crippen molar-refractivity contribution in [2.24, 2.45) is 7.05 Å². The molecule has 0 aliphatic carbocycles. The number of likely N-dealkylation sites (tertiary alicyclic amines) is 1. The van der Waals surface area contributed by atoms with Crippen LogP contribution in [0.4, 0.5) is 0 Å². The summed E-state index contributed by atoms with van der Waals surface area (Å²) in [5, 5.41) is 12.9. The molecule has 3 aromatic rings. The highest BCUT2D eigenvalue weighted by atomic mass is 16.2. The first-order chi connectivity index (χ1) is 13.2. The number of rotatable bonds is 6. The fourth-order valence-corrected chi connectivity index (χ4v) is 3.63. The van der Waals surface area contributed by atoms with Gasteiger partial charge in [-0.05, 0) is 18.9 Å². The summed E-state index contributed by atoms with van der Waals surface area (Å²) in [5.41, 5.74) is 0. The molecule has 4 heterocycles. The molecular formula is C18H24N8O. The zero-order chi connectivity index (χ0) is 18.6. The van der Waals surface area contributed by atoms with Crippen molar-refractivity contribution in [3.63, 3.8) is 0 Å². The molecule has 0 radical (unpaired) electrons. The van der Waals surface area contributed by atoms with Crippen LogP contribution in [0.3, 0.4) is 0 Å². The number of hydrogen-bond donors (Lipinski definition) is 0. The van der Waals surface area contributed by atoms with Gasteiger partial charge in [-0.25, -0.2) is 4.98 Å². The lowest BCUT2D eigenvalue weighted by molar-refractivity contribution is -0.132. The lowest BCUT2D eigenvalue weighted by Crippen LogP contribution is -2.40. The van der Waals surface area contributed by atoms with Crippen LogP contribution < -0.4 is 0 Å². The molecule has 9 nitrogen and oxygen atoms in total. The molecule has 0 spiro atoms. The molecule has 1 atom stereocenters. The van der Waals surface area contributed by atoms with E-state index in [2.05, 4.69) is 24.8 Å². The summed E-state index contributed by atoms with van der Waals surface area (Å²) in [6.45, 7) is 2.78. The molecule has 1 aliphatic heterocycles. The third-order valence-electron chi connectivity index (χ3n) is 5.14. The SMILES string of the molecule is Cn1c(Cn2ccnc2)nnc1C1CCCN(C(=O)CCn2cccn2)C1. The molecule has 1 amide bonds. The zero-order valence-electron chi connectivity index (χ0n) is 15.5. The molecule has 1 unspecified atom stereocenters. The first kappa shape index (κ1) is 17.4. The second-order valence-electron chi connectivity index (χ2n) is 6.97. The Morgan fingerprint density at radius 1 is 1.26 bits per heavy atom. The minimum absolute atomic E-state index is 0.177. The van der Waals surface area contributed by atoms with E-state index in [0.29, 0.717) is 26.1 Å². The fraction of sp³-hybridized carbons (Fsp3) is 0.500. The lowest BCUT2D eigenvalue weighted by Gasteiger charge is -2.32. The van der Waals surface area contributed by atoms with Gasteiger partial charge in [0.25, 0.3) is 0 Å². The number of piperidine rings is 1. The van der Waals surface area contributed by atoms with Crippen LogP contribution >= 0.6 is 0 Å². The van der Waals surface area contributed by atoms with Gasteiger partial charge < -0.3 is 14.0 Å². The molecule has 1 saturated heterocycles. The van der Waals surface area contributed by atoms with Crippen molar-refractivity contribution in [3.05, 3.63) is 48.8 Å². The van der Waals surface area contributed by atoms with E-state index >= 15 is 0 Å². The number of carbonyl (C=O) groups excluding carboxylic acids is 1. The van der Waals surface area contributed by atoms with Gasteiger partial charge in [0.05, 0.1) is 12.9 Å². The van der Waals surface area contributed by atoms with Crippen molar-refractivity contribution in [2.75, 3.05) is 13.1 Å². The topological polar surface area (TPSA) is 86.7 Å². The van der Waals surface area contributed by atoms with Crippen molar-refractivity contribution in [2.45, 2.75) is 38.3 Å². The van der Waals surface area contributed by atoms with Crippen LogP contribution in [0.1, 0.15) is 36.8 Å². The number of nitrogens with zero attached hydrogens (tertiary/aromatic N) is 8. The van der Waals surface area contributed by atoms with Crippen LogP contribution in [0.5, 0.6) is 0 Å². The zero-order valence-corrected chi connectivity index (χ0v) is 15.5. The van der Waals surface area contributed by atoms with E-state index in [1.165, 1.54) is 0 Å². The van der Waals surface area contributed by atoms with Gasteiger partial charge in [0.1, 0.15) is 5.82 Å². The Morgan fingerprint density at radius 2 is 2.19 bits per heavy atom. The Morgan fingerprint density at radius 3 is 2.96 bits per heavy atom. The summed E-state index contributed by atoms with van der Waals surface area (Å²) in [6.07, 6.45) is 11.5. The third-order valence-corrected chi connectivity index (χ3v) is 5.14. The molecule has 1 aliphatic rings. The Bertz CT molecular complexity index is 867. The first-order valence-electron chi connectivity index (χ1n) is 9.30. The van der Waals surface area contributed by atoms with Gasteiger partial charge in [0.15, 0.2) is 5.82 Å². The summed E-state index contributed by atoms with van der Waals surface area (Å²) < 4.78 is 5.83. The second kappa shape index (κ2) is 7.73. The van der Waals surface area contributed by atoms with Crippen molar-refractivity contribution in [1.82, 2.24) is 39.0 Å². The van der Waals surface area contributed by atoms with Crippen molar-refractivity contribution < 1.29 is 4.79 Å². The molecule has 0 saturated carbocycles.